The second kappa shape index (κ2) is 6.00. The van der Waals surface area contributed by atoms with Crippen molar-refractivity contribution in [3.8, 4) is 0 Å². The molecule has 2 rings (SSSR count). The van der Waals surface area contributed by atoms with Gasteiger partial charge >= 0.3 is 0 Å². The van der Waals surface area contributed by atoms with E-state index in [4.69, 9.17) is 11.6 Å². The molecule has 0 spiro atoms. The number of hydrogen-bond acceptors (Lipinski definition) is 1. The van der Waals surface area contributed by atoms with Gasteiger partial charge in [0.05, 0.1) is 0 Å². The Kier molecular flexibility index (Phi) is 4.67. The van der Waals surface area contributed by atoms with Crippen molar-refractivity contribution in [1.29, 1.82) is 0 Å². The van der Waals surface area contributed by atoms with Crippen LogP contribution in [-0.4, -0.2) is 23.9 Å². The summed E-state index contributed by atoms with van der Waals surface area (Å²) in [5.74, 6) is 1.20. The first-order chi connectivity index (χ1) is 9.70. The highest BCUT2D eigenvalue weighted by Crippen LogP contribution is 2.43. The molecule has 21 heavy (non-hydrogen) atoms. The van der Waals surface area contributed by atoms with Crippen LogP contribution in [0.4, 0.5) is 0 Å². The second-order valence-corrected chi connectivity index (χ2v) is 7.96. The molecule has 1 amide bonds. The van der Waals surface area contributed by atoms with Gasteiger partial charge in [0.15, 0.2) is 0 Å². The van der Waals surface area contributed by atoms with Gasteiger partial charge < -0.3 is 4.90 Å². The van der Waals surface area contributed by atoms with Gasteiger partial charge in [-0.25, -0.2) is 0 Å². The summed E-state index contributed by atoms with van der Waals surface area (Å²) in [6.45, 7) is 12.4. The first-order valence-corrected chi connectivity index (χ1v) is 8.12. The van der Waals surface area contributed by atoms with E-state index in [1.165, 1.54) is 5.56 Å². The van der Waals surface area contributed by atoms with Crippen LogP contribution in [0.15, 0.2) is 24.3 Å². The summed E-state index contributed by atoms with van der Waals surface area (Å²) in [5, 5.41) is 0.763. The van der Waals surface area contributed by atoms with Gasteiger partial charge in [0.25, 0.3) is 0 Å². The van der Waals surface area contributed by atoms with E-state index >= 15 is 0 Å². The molecule has 1 aliphatic rings. The summed E-state index contributed by atoms with van der Waals surface area (Å²) in [4.78, 5) is 14.4. The van der Waals surface area contributed by atoms with E-state index in [9.17, 15) is 4.79 Å². The van der Waals surface area contributed by atoms with E-state index in [1.54, 1.807) is 0 Å². The molecule has 1 fully saturated rings. The maximum atomic E-state index is 12.4. The number of halogens is 1. The summed E-state index contributed by atoms with van der Waals surface area (Å²) in [6, 6.07) is 8.11. The molecule has 1 heterocycles. The third-order valence-corrected chi connectivity index (χ3v) is 4.79. The van der Waals surface area contributed by atoms with E-state index in [0.717, 1.165) is 18.1 Å². The smallest absolute Gasteiger partial charge is 0.225 e. The average Bonchev–Trinajstić information content (AvgIpc) is 2.83. The Bertz CT molecular complexity index is 501. The van der Waals surface area contributed by atoms with Crippen molar-refractivity contribution in [2.45, 2.75) is 40.5 Å². The van der Waals surface area contributed by atoms with Gasteiger partial charge in [0.2, 0.25) is 5.91 Å². The summed E-state index contributed by atoms with van der Waals surface area (Å²) >= 11 is 6.00. The Morgan fingerprint density at radius 1 is 1.19 bits per heavy atom. The molecule has 2 atom stereocenters. The molecule has 0 N–H and O–H groups in total. The predicted molar refractivity (Wildman–Crippen MR) is 88.6 cm³/mol. The van der Waals surface area contributed by atoms with E-state index in [0.29, 0.717) is 11.8 Å². The minimum atomic E-state index is 0.0644. The number of rotatable bonds is 2. The molecule has 0 bridgehead atoms. The lowest BCUT2D eigenvalue weighted by Gasteiger charge is -2.31. The zero-order valence-electron chi connectivity index (χ0n) is 13.7. The molecule has 0 aromatic heterocycles. The summed E-state index contributed by atoms with van der Waals surface area (Å²) in [7, 11) is 0. The molecular formula is C18H26ClNO. The largest absolute Gasteiger partial charge is 0.342 e. The summed E-state index contributed by atoms with van der Waals surface area (Å²) in [5.41, 5.74) is 1.47. The summed E-state index contributed by atoms with van der Waals surface area (Å²) in [6.07, 6.45) is 0. The zero-order chi connectivity index (χ0) is 15.8. The minimum absolute atomic E-state index is 0.0644. The molecule has 116 valence electrons. The quantitative estimate of drug-likeness (QED) is 0.783. The van der Waals surface area contributed by atoms with Gasteiger partial charge in [-0.1, -0.05) is 58.4 Å². The van der Waals surface area contributed by atoms with Crippen molar-refractivity contribution >= 4 is 17.5 Å². The van der Waals surface area contributed by atoms with Crippen LogP contribution in [0.25, 0.3) is 0 Å². The fourth-order valence-corrected chi connectivity index (χ4v) is 3.40. The lowest BCUT2D eigenvalue weighted by atomic mass is 9.73. The lowest BCUT2D eigenvalue weighted by Crippen LogP contribution is -2.33. The van der Waals surface area contributed by atoms with Crippen LogP contribution in [0.3, 0.4) is 0 Å². The van der Waals surface area contributed by atoms with Crippen LogP contribution in [0.5, 0.6) is 0 Å². The molecule has 2 unspecified atom stereocenters. The maximum absolute atomic E-state index is 12.4. The van der Waals surface area contributed by atoms with Crippen molar-refractivity contribution in [3.05, 3.63) is 34.9 Å². The number of carbonyl (C=O) groups excluding carboxylic acids is 1. The second-order valence-electron chi connectivity index (χ2n) is 7.53. The van der Waals surface area contributed by atoms with Crippen LogP contribution < -0.4 is 0 Å². The average molecular weight is 308 g/mol. The molecule has 0 aliphatic carbocycles. The molecule has 0 saturated carbocycles. The standard InChI is InChI=1S/C18H26ClNO/c1-12(2)17(21)20-10-15(16(11-20)18(3,4)5)13-6-8-14(19)9-7-13/h6-9,12,15-16H,10-11H2,1-5H3. The third kappa shape index (κ3) is 3.60. The Morgan fingerprint density at radius 3 is 2.24 bits per heavy atom. The van der Waals surface area contributed by atoms with E-state index in [1.807, 2.05) is 30.9 Å². The van der Waals surface area contributed by atoms with Crippen molar-refractivity contribution in [3.63, 3.8) is 0 Å². The number of likely N-dealkylation sites (tertiary alicyclic amines) is 1. The lowest BCUT2D eigenvalue weighted by molar-refractivity contribution is -0.133. The maximum Gasteiger partial charge on any atom is 0.225 e. The van der Waals surface area contributed by atoms with Crippen LogP contribution in [0, 0.1) is 17.3 Å². The molecule has 1 aromatic rings. The SMILES string of the molecule is CC(C)C(=O)N1CC(c2ccc(Cl)cc2)C(C(C)(C)C)C1. The number of amides is 1. The topological polar surface area (TPSA) is 20.3 Å². The van der Waals surface area contributed by atoms with Gasteiger partial charge in [-0.3, -0.25) is 4.79 Å². The predicted octanol–water partition coefficient (Wildman–Crippen LogP) is 4.58. The highest BCUT2D eigenvalue weighted by Gasteiger charge is 2.42. The highest BCUT2D eigenvalue weighted by atomic mass is 35.5. The van der Waals surface area contributed by atoms with Gasteiger partial charge in [0.1, 0.15) is 0 Å². The first kappa shape index (κ1) is 16.4. The fourth-order valence-electron chi connectivity index (χ4n) is 3.27. The van der Waals surface area contributed by atoms with Crippen molar-refractivity contribution < 1.29 is 4.79 Å². The molecule has 1 aliphatic heterocycles. The van der Waals surface area contributed by atoms with Gasteiger partial charge in [-0.2, -0.15) is 0 Å². The Morgan fingerprint density at radius 2 is 1.76 bits per heavy atom. The molecule has 1 aromatic carbocycles. The van der Waals surface area contributed by atoms with E-state index in [2.05, 4.69) is 32.9 Å². The van der Waals surface area contributed by atoms with Crippen LogP contribution in [0.1, 0.15) is 46.1 Å². The van der Waals surface area contributed by atoms with Crippen molar-refractivity contribution in [2.24, 2.45) is 17.3 Å². The van der Waals surface area contributed by atoms with Gasteiger partial charge in [0, 0.05) is 29.9 Å². The van der Waals surface area contributed by atoms with Crippen LogP contribution in [-0.2, 0) is 4.79 Å². The molecular weight excluding hydrogens is 282 g/mol. The normalized spacial score (nSPS) is 22.9. The number of nitrogens with zero attached hydrogens (tertiary/aromatic N) is 1. The zero-order valence-corrected chi connectivity index (χ0v) is 14.4. The van der Waals surface area contributed by atoms with E-state index < -0.39 is 0 Å². The third-order valence-electron chi connectivity index (χ3n) is 4.54. The molecule has 2 nitrogen and oxygen atoms in total. The molecule has 1 saturated heterocycles. The minimum Gasteiger partial charge on any atom is -0.342 e. The molecule has 3 heteroatoms. The Labute approximate surface area is 133 Å². The van der Waals surface area contributed by atoms with E-state index in [-0.39, 0.29) is 17.2 Å². The fraction of sp³-hybridized carbons (Fsp3) is 0.611. The van der Waals surface area contributed by atoms with Crippen LogP contribution in [0.2, 0.25) is 5.02 Å². The van der Waals surface area contributed by atoms with Crippen molar-refractivity contribution in [1.82, 2.24) is 4.90 Å². The Hall–Kier alpha value is -1.02. The van der Waals surface area contributed by atoms with Gasteiger partial charge in [-0.15, -0.1) is 0 Å². The number of carbonyl (C=O) groups is 1. The van der Waals surface area contributed by atoms with Crippen LogP contribution >= 0.6 is 11.6 Å². The monoisotopic (exact) mass is 307 g/mol. The highest BCUT2D eigenvalue weighted by molar-refractivity contribution is 6.30. The number of benzene rings is 1. The summed E-state index contributed by atoms with van der Waals surface area (Å²) < 4.78 is 0. The number of hydrogen-bond donors (Lipinski definition) is 0. The molecule has 0 radical (unpaired) electrons. The Balaban J connectivity index is 2.28. The first-order valence-electron chi connectivity index (χ1n) is 7.74. The van der Waals surface area contributed by atoms with Gasteiger partial charge in [-0.05, 0) is 29.0 Å². The van der Waals surface area contributed by atoms with Crippen molar-refractivity contribution in [2.75, 3.05) is 13.1 Å².